The lowest BCUT2D eigenvalue weighted by atomic mass is 10.1. The summed E-state index contributed by atoms with van der Waals surface area (Å²) in [7, 11) is 1.80. The van der Waals surface area contributed by atoms with Gasteiger partial charge in [0, 0.05) is 13.6 Å². The van der Waals surface area contributed by atoms with Crippen molar-refractivity contribution < 1.29 is 9.53 Å². The molecule has 1 amide bonds. The lowest BCUT2D eigenvalue weighted by molar-refractivity contribution is -0.127. The van der Waals surface area contributed by atoms with Crippen LogP contribution in [0.4, 0.5) is 0 Å². The molecule has 0 aliphatic rings. The minimum atomic E-state index is 0.0128. The first kappa shape index (κ1) is 20.9. The minimum absolute atomic E-state index is 0.0128. The van der Waals surface area contributed by atoms with E-state index in [0.717, 1.165) is 28.1 Å². The Hall–Kier alpha value is -2.87. The van der Waals surface area contributed by atoms with Crippen molar-refractivity contribution >= 4 is 17.7 Å². The number of hydrogen-bond acceptors (Lipinski definition) is 6. The Labute approximate surface area is 175 Å². The van der Waals surface area contributed by atoms with Gasteiger partial charge in [-0.3, -0.25) is 4.79 Å². The summed E-state index contributed by atoms with van der Waals surface area (Å²) in [6.45, 7) is 7.19. The molecule has 0 aliphatic heterocycles. The molecule has 0 N–H and O–H groups in total. The van der Waals surface area contributed by atoms with Crippen LogP contribution >= 0.6 is 11.8 Å². The molecular weight excluding hydrogens is 386 g/mol. The van der Waals surface area contributed by atoms with Crippen molar-refractivity contribution in [1.82, 2.24) is 25.1 Å². The standard InChI is InChI=1S/C21H25N5O2S/c1-5-28-19-8-6-17(7-9-19)13-25(4)20(27)14-29-21-22-23-24-26(21)18-11-15(2)10-16(3)12-18/h6-12H,5,13-14H2,1-4H3. The minimum Gasteiger partial charge on any atom is -0.494 e. The first-order valence-electron chi connectivity index (χ1n) is 9.42. The number of rotatable bonds is 8. The van der Waals surface area contributed by atoms with Gasteiger partial charge in [-0.15, -0.1) is 5.10 Å². The Balaban J connectivity index is 1.60. The second-order valence-corrected chi connectivity index (χ2v) is 7.78. The maximum Gasteiger partial charge on any atom is 0.233 e. The number of aromatic nitrogens is 4. The Morgan fingerprint density at radius 1 is 1.14 bits per heavy atom. The molecule has 1 heterocycles. The van der Waals surface area contributed by atoms with Crippen LogP contribution in [0.1, 0.15) is 23.6 Å². The molecule has 2 aromatic carbocycles. The van der Waals surface area contributed by atoms with Crippen LogP contribution in [0.15, 0.2) is 47.6 Å². The maximum atomic E-state index is 12.6. The van der Waals surface area contributed by atoms with Crippen molar-refractivity contribution in [2.75, 3.05) is 19.4 Å². The Kier molecular flexibility index (Phi) is 6.87. The molecule has 3 rings (SSSR count). The number of tetrazole rings is 1. The molecule has 0 unspecified atom stereocenters. The quantitative estimate of drug-likeness (QED) is 0.529. The third-order valence-corrected chi connectivity index (χ3v) is 5.20. The molecule has 8 heteroatoms. The van der Waals surface area contributed by atoms with Crippen molar-refractivity contribution in [2.24, 2.45) is 0 Å². The highest BCUT2D eigenvalue weighted by Gasteiger charge is 2.15. The molecule has 152 valence electrons. The molecule has 7 nitrogen and oxygen atoms in total. The fourth-order valence-electron chi connectivity index (χ4n) is 2.96. The van der Waals surface area contributed by atoms with E-state index < -0.39 is 0 Å². The summed E-state index contributed by atoms with van der Waals surface area (Å²) in [5.74, 6) is 1.11. The molecule has 0 bridgehead atoms. The molecule has 0 fully saturated rings. The van der Waals surface area contributed by atoms with Crippen LogP contribution in [0.2, 0.25) is 0 Å². The van der Waals surface area contributed by atoms with Crippen LogP contribution in [0.3, 0.4) is 0 Å². The van der Waals surface area contributed by atoms with E-state index in [1.165, 1.54) is 11.8 Å². The molecule has 1 aromatic heterocycles. The first-order valence-corrected chi connectivity index (χ1v) is 10.4. The zero-order valence-corrected chi connectivity index (χ0v) is 17.9. The molecule has 0 saturated carbocycles. The number of benzene rings is 2. The van der Waals surface area contributed by atoms with E-state index in [0.29, 0.717) is 18.3 Å². The molecular formula is C21H25N5O2S. The second kappa shape index (κ2) is 9.56. The van der Waals surface area contributed by atoms with Crippen molar-refractivity contribution in [1.29, 1.82) is 0 Å². The van der Waals surface area contributed by atoms with Crippen LogP contribution in [-0.2, 0) is 11.3 Å². The fourth-order valence-corrected chi connectivity index (χ4v) is 3.79. The van der Waals surface area contributed by atoms with Crippen molar-refractivity contribution in [3.8, 4) is 11.4 Å². The highest BCUT2D eigenvalue weighted by molar-refractivity contribution is 7.99. The predicted molar refractivity (Wildman–Crippen MR) is 113 cm³/mol. The highest BCUT2D eigenvalue weighted by Crippen LogP contribution is 2.21. The van der Waals surface area contributed by atoms with E-state index in [4.69, 9.17) is 4.74 Å². The van der Waals surface area contributed by atoms with Gasteiger partial charge < -0.3 is 9.64 Å². The normalized spacial score (nSPS) is 10.8. The molecule has 0 aliphatic carbocycles. The van der Waals surface area contributed by atoms with Crippen LogP contribution in [-0.4, -0.2) is 50.4 Å². The summed E-state index contributed by atoms with van der Waals surface area (Å²) >= 11 is 1.33. The van der Waals surface area contributed by atoms with E-state index in [1.807, 2.05) is 57.2 Å². The summed E-state index contributed by atoms with van der Waals surface area (Å²) in [4.78, 5) is 14.3. The predicted octanol–water partition coefficient (Wildman–Crippen LogP) is 3.43. The Bertz CT molecular complexity index is 951. The van der Waals surface area contributed by atoms with Gasteiger partial charge in [-0.05, 0) is 72.2 Å². The van der Waals surface area contributed by atoms with Crippen molar-refractivity contribution in [2.45, 2.75) is 32.5 Å². The number of ether oxygens (including phenoxy) is 1. The molecule has 3 aromatic rings. The van der Waals surface area contributed by atoms with Gasteiger partial charge in [-0.25, -0.2) is 0 Å². The average Bonchev–Trinajstić information content (AvgIpc) is 3.15. The van der Waals surface area contributed by atoms with Gasteiger partial charge in [0.25, 0.3) is 0 Å². The number of carbonyl (C=O) groups is 1. The number of hydrogen-bond donors (Lipinski definition) is 0. The molecule has 29 heavy (non-hydrogen) atoms. The van der Waals surface area contributed by atoms with Gasteiger partial charge in [0.15, 0.2) is 0 Å². The smallest absolute Gasteiger partial charge is 0.233 e. The summed E-state index contributed by atoms with van der Waals surface area (Å²) < 4.78 is 7.12. The van der Waals surface area contributed by atoms with Crippen LogP contribution in [0.5, 0.6) is 5.75 Å². The van der Waals surface area contributed by atoms with Crippen LogP contribution in [0.25, 0.3) is 5.69 Å². The zero-order chi connectivity index (χ0) is 20.8. The van der Waals surface area contributed by atoms with E-state index >= 15 is 0 Å². The summed E-state index contributed by atoms with van der Waals surface area (Å²) in [6.07, 6.45) is 0. The third kappa shape index (κ3) is 5.57. The number of thioether (sulfide) groups is 1. The van der Waals surface area contributed by atoms with E-state index in [1.54, 1.807) is 16.6 Å². The highest BCUT2D eigenvalue weighted by atomic mass is 32.2. The molecule has 0 spiro atoms. The lowest BCUT2D eigenvalue weighted by Gasteiger charge is -2.17. The van der Waals surface area contributed by atoms with Gasteiger partial charge in [0.2, 0.25) is 11.1 Å². The molecule has 0 atom stereocenters. The van der Waals surface area contributed by atoms with Gasteiger partial charge >= 0.3 is 0 Å². The zero-order valence-electron chi connectivity index (χ0n) is 17.1. The second-order valence-electron chi connectivity index (χ2n) is 6.83. The first-order chi connectivity index (χ1) is 14.0. The summed E-state index contributed by atoms with van der Waals surface area (Å²) in [5.41, 5.74) is 4.22. The van der Waals surface area contributed by atoms with E-state index in [2.05, 4.69) is 21.6 Å². The SMILES string of the molecule is CCOc1ccc(CN(C)C(=O)CSc2nnnn2-c2cc(C)cc(C)c2)cc1. The summed E-state index contributed by atoms with van der Waals surface area (Å²) in [6, 6.07) is 13.9. The average molecular weight is 412 g/mol. The monoisotopic (exact) mass is 411 g/mol. The van der Waals surface area contributed by atoms with Crippen LogP contribution in [0, 0.1) is 13.8 Å². The molecule has 0 saturated heterocycles. The number of amides is 1. The maximum absolute atomic E-state index is 12.6. The molecule has 0 radical (unpaired) electrons. The Morgan fingerprint density at radius 3 is 2.48 bits per heavy atom. The van der Waals surface area contributed by atoms with Crippen molar-refractivity contribution in [3.05, 3.63) is 59.2 Å². The van der Waals surface area contributed by atoms with Gasteiger partial charge in [0.1, 0.15) is 5.75 Å². The van der Waals surface area contributed by atoms with Gasteiger partial charge in [-0.1, -0.05) is 30.0 Å². The van der Waals surface area contributed by atoms with Gasteiger partial charge in [-0.2, -0.15) is 4.68 Å². The largest absolute Gasteiger partial charge is 0.494 e. The van der Waals surface area contributed by atoms with Crippen LogP contribution < -0.4 is 4.74 Å². The van der Waals surface area contributed by atoms with E-state index in [-0.39, 0.29) is 11.7 Å². The number of carbonyl (C=O) groups excluding carboxylic acids is 1. The summed E-state index contributed by atoms with van der Waals surface area (Å²) in [5, 5.41) is 12.5. The van der Waals surface area contributed by atoms with Gasteiger partial charge in [0.05, 0.1) is 18.0 Å². The van der Waals surface area contributed by atoms with Crippen molar-refractivity contribution in [3.63, 3.8) is 0 Å². The number of aryl methyl sites for hydroxylation is 2. The third-order valence-electron chi connectivity index (χ3n) is 4.30. The van der Waals surface area contributed by atoms with E-state index in [9.17, 15) is 4.79 Å². The fraction of sp³-hybridized carbons (Fsp3) is 0.333. The lowest BCUT2D eigenvalue weighted by Crippen LogP contribution is -2.27. The Morgan fingerprint density at radius 2 is 1.83 bits per heavy atom. The number of nitrogens with zero attached hydrogens (tertiary/aromatic N) is 5. The topological polar surface area (TPSA) is 73.1 Å².